The van der Waals surface area contributed by atoms with Crippen LogP contribution in [0.1, 0.15) is 25.8 Å². The lowest BCUT2D eigenvalue weighted by Gasteiger charge is -2.39. The summed E-state index contributed by atoms with van der Waals surface area (Å²) in [5.41, 5.74) is 1.35. The molecule has 2 aromatic carbocycles. The van der Waals surface area contributed by atoms with Crippen LogP contribution in [0, 0.1) is 10.1 Å². The van der Waals surface area contributed by atoms with Gasteiger partial charge in [-0.15, -0.1) is 0 Å². The van der Waals surface area contributed by atoms with E-state index in [0.29, 0.717) is 35.5 Å². The fraction of sp³-hybridized carbons (Fsp3) is 0.348. The van der Waals surface area contributed by atoms with Crippen LogP contribution in [0.25, 0.3) is 11.4 Å². The maximum absolute atomic E-state index is 12.7. The lowest BCUT2D eigenvalue weighted by Crippen LogP contribution is -2.53. The Morgan fingerprint density at radius 3 is 2.29 bits per heavy atom. The molecule has 1 aromatic heterocycles. The van der Waals surface area contributed by atoms with Gasteiger partial charge in [-0.2, -0.15) is 4.98 Å². The number of halogens is 1. The first-order chi connectivity index (χ1) is 16.3. The lowest BCUT2D eigenvalue weighted by atomic mass is 10.1. The quantitative estimate of drug-likeness (QED) is 0.395. The lowest BCUT2D eigenvalue weighted by molar-refractivity contribution is -0.384. The van der Waals surface area contributed by atoms with Gasteiger partial charge in [0.1, 0.15) is 0 Å². The van der Waals surface area contributed by atoms with Gasteiger partial charge in [-0.3, -0.25) is 24.7 Å². The minimum atomic E-state index is -0.471. The fourth-order valence-corrected chi connectivity index (χ4v) is 3.99. The Labute approximate surface area is 201 Å². The van der Waals surface area contributed by atoms with E-state index in [2.05, 4.69) is 25.3 Å². The summed E-state index contributed by atoms with van der Waals surface area (Å²) in [4.78, 5) is 31.9. The number of anilines is 1. The molecule has 11 heteroatoms. The van der Waals surface area contributed by atoms with Gasteiger partial charge >= 0.3 is 0 Å². The third-order valence-electron chi connectivity index (χ3n) is 6.07. The third-order valence-corrected chi connectivity index (χ3v) is 6.32. The molecule has 1 fully saturated rings. The van der Waals surface area contributed by atoms with E-state index in [1.165, 1.54) is 24.3 Å². The van der Waals surface area contributed by atoms with Crippen molar-refractivity contribution in [3.05, 3.63) is 69.6 Å². The molecule has 0 bridgehead atoms. The number of nitrogens with one attached hydrogen (secondary N) is 1. The Morgan fingerprint density at radius 1 is 1.06 bits per heavy atom. The zero-order valence-electron chi connectivity index (χ0n) is 18.8. The van der Waals surface area contributed by atoms with Crippen LogP contribution in [0.5, 0.6) is 0 Å². The molecule has 4 rings (SSSR count). The number of nitro groups is 1. The highest BCUT2D eigenvalue weighted by atomic mass is 35.5. The van der Waals surface area contributed by atoms with Crippen LogP contribution in [0.3, 0.4) is 0 Å². The number of benzene rings is 2. The minimum Gasteiger partial charge on any atom is -0.337 e. The molecule has 0 aliphatic carbocycles. The summed E-state index contributed by atoms with van der Waals surface area (Å²) in [6.07, 6.45) is 0. The normalized spacial score (nSPS) is 16.7. The van der Waals surface area contributed by atoms with Crippen LogP contribution in [-0.4, -0.2) is 63.0 Å². The zero-order chi connectivity index (χ0) is 24.2. The van der Waals surface area contributed by atoms with Gasteiger partial charge in [0.15, 0.2) is 0 Å². The van der Waals surface area contributed by atoms with E-state index in [1.54, 1.807) is 12.1 Å². The molecule has 1 amide bonds. The standard InChI is InChI=1S/C23H25ClN6O4/c1-15(22(31)25-19-7-9-20(10-8-19)30(32)33)28-11-13-29(14-12-28)16(2)23-26-21(27-34-23)17-3-5-18(24)6-4-17/h3-10,15-16H,11-14H2,1-2H3,(H,25,31)/t15-,16+/m1/s1. The monoisotopic (exact) mass is 484 g/mol. The van der Waals surface area contributed by atoms with Crippen LogP contribution in [0.4, 0.5) is 11.4 Å². The Bertz CT molecular complexity index is 1140. The molecule has 0 spiro atoms. The van der Waals surface area contributed by atoms with Gasteiger partial charge in [0.25, 0.3) is 5.69 Å². The number of rotatable bonds is 7. The van der Waals surface area contributed by atoms with Crippen molar-refractivity contribution in [3.8, 4) is 11.4 Å². The van der Waals surface area contributed by atoms with E-state index in [-0.39, 0.29) is 23.7 Å². The molecule has 10 nitrogen and oxygen atoms in total. The largest absolute Gasteiger partial charge is 0.337 e. The molecule has 1 aliphatic rings. The van der Waals surface area contributed by atoms with E-state index < -0.39 is 4.92 Å². The summed E-state index contributed by atoms with van der Waals surface area (Å²) >= 11 is 5.94. The number of nitrogens with zero attached hydrogens (tertiary/aromatic N) is 5. The molecule has 0 saturated carbocycles. The average molecular weight is 485 g/mol. The third kappa shape index (κ3) is 5.41. The number of aromatic nitrogens is 2. The highest BCUT2D eigenvalue weighted by Crippen LogP contribution is 2.25. The van der Waals surface area contributed by atoms with Crippen molar-refractivity contribution in [1.82, 2.24) is 19.9 Å². The molecule has 0 radical (unpaired) electrons. The smallest absolute Gasteiger partial charge is 0.269 e. The van der Waals surface area contributed by atoms with E-state index >= 15 is 0 Å². The van der Waals surface area contributed by atoms with Crippen LogP contribution in [0.2, 0.25) is 5.02 Å². The number of carbonyl (C=O) groups is 1. The second kappa shape index (κ2) is 10.3. The van der Waals surface area contributed by atoms with Crippen molar-refractivity contribution in [3.63, 3.8) is 0 Å². The van der Waals surface area contributed by atoms with Crippen LogP contribution in [0.15, 0.2) is 53.1 Å². The van der Waals surface area contributed by atoms with E-state index in [1.807, 2.05) is 26.0 Å². The second-order valence-corrected chi connectivity index (χ2v) is 8.62. The first-order valence-corrected chi connectivity index (χ1v) is 11.3. The van der Waals surface area contributed by atoms with Gasteiger partial charge in [0.05, 0.1) is 17.0 Å². The Balaban J connectivity index is 1.30. The first kappa shape index (κ1) is 23.8. The van der Waals surface area contributed by atoms with Crippen LogP contribution >= 0.6 is 11.6 Å². The maximum atomic E-state index is 12.7. The highest BCUT2D eigenvalue weighted by Gasteiger charge is 2.30. The molecule has 0 unspecified atom stereocenters. The number of nitro benzene ring substituents is 1. The summed E-state index contributed by atoms with van der Waals surface area (Å²) in [6, 6.07) is 12.7. The predicted molar refractivity (Wildman–Crippen MR) is 127 cm³/mol. The van der Waals surface area contributed by atoms with Gasteiger partial charge in [0, 0.05) is 54.6 Å². The summed E-state index contributed by atoms with van der Waals surface area (Å²) in [6.45, 7) is 6.79. The molecule has 1 aliphatic heterocycles. The fourth-order valence-electron chi connectivity index (χ4n) is 3.87. The zero-order valence-corrected chi connectivity index (χ0v) is 19.6. The van der Waals surface area contributed by atoms with Gasteiger partial charge in [-0.25, -0.2) is 0 Å². The van der Waals surface area contributed by atoms with Crippen molar-refractivity contribution in [1.29, 1.82) is 0 Å². The molecular formula is C23H25ClN6O4. The molecule has 2 heterocycles. The van der Waals surface area contributed by atoms with Crippen molar-refractivity contribution in [2.45, 2.75) is 25.9 Å². The minimum absolute atomic E-state index is 0.0159. The molecular weight excluding hydrogens is 460 g/mol. The van der Waals surface area contributed by atoms with Crippen LogP contribution < -0.4 is 5.32 Å². The van der Waals surface area contributed by atoms with Crippen molar-refractivity contribution < 1.29 is 14.2 Å². The Kier molecular flexibility index (Phi) is 7.20. The number of hydrogen-bond donors (Lipinski definition) is 1. The van der Waals surface area contributed by atoms with Gasteiger partial charge in [-0.05, 0) is 50.2 Å². The Hall–Kier alpha value is -3.34. The van der Waals surface area contributed by atoms with E-state index in [0.717, 1.165) is 18.7 Å². The number of carbonyl (C=O) groups excluding carboxylic acids is 1. The average Bonchev–Trinajstić information content (AvgIpc) is 3.34. The highest BCUT2D eigenvalue weighted by molar-refractivity contribution is 6.30. The van der Waals surface area contributed by atoms with E-state index in [4.69, 9.17) is 16.1 Å². The molecule has 1 N–H and O–H groups in total. The van der Waals surface area contributed by atoms with Gasteiger partial charge < -0.3 is 9.84 Å². The molecule has 1 saturated heterocycles. The Morgan fingerprint density at radius 2 is 1.68 bits per heavy atom. The number of amides is 1. The molecule has 178 valence electrons. The van der Waals surface area contributed by atoms with Crippen LogP contribution in [-0.2, 0) is 4.79 Å². The summed E-state index contributed by atoms with van der Waals surface area (Å²) in [7, 11) is 0. The topological polar surface area (TPSA) is 118 Å². The number of non-ortho nitro benzene ring substituents is 1. The summed E-state index contributed by atoms with van der Waals surface area (Å²) in [5, 5.41) is 18.4. The summed E-state index contributed by atoms with van der Waals surface area (Å²) < 4.78 is 5.51. The van der Waals surface area contributed by atoms with Crippen molar-refractivity contribution in [2.24, 2.45) is 0 Å². The van der Waals surface area contributed by atoms with Gasteiger partial charge in [-0.1, -0.05) is 16.8 Å². The SMILES string of the molecule is C[C@H](C(=O)Nc1ccc([N+](=O)[O-])cc1)N1CCN([C@@H](C)c2nc(-c3ccc(Cl)cc3)no2)CC1. The maximum Gasteiger partial charge on any atom is 0.269 e. The number of hydrogen-bond acceptors (Lipinski definition) is 8. The molecule has 34 heavy (non-hydrogen) atoms. The van der Waals surface area contributed by atoms with Crippen molar-refractivity contribution in [2.75, 3.05) is 31.5 Å². The predicted octanol–water partition coefficient (Wildman–Crippen LogP) is 4.00. The second-order valence-electron chi connectivity index (χ2n) is 8.18. The molecule has 3 aromatic rings. The number of piperazine rings is 1. The van der Waals surface area contributed by atoms with E-state index in [9.17, 15) is 14.9 Å². The summed E-state index contributed by atoms with van der Waals surface area (Å²) in [5.74, 6) is 0.913. The van der Waals surface area contributed by atoms with Gasteiger partial charge in [0.2, 0.25) is 17.6 Å². The van der Waals surface area contributed by atoms with Crippen molar-refractivity contribution >= 4 is 28.9 Å². The first-order valence-electron chi connectivity index (χ1n) is 10.9. The molecule has 2 atom stereocenters.